The molecule has 6 heteroatoms. The number of likely N-dealkylation sites (N-methyl/N-ethyl adjacent to an activating group) is 1. The number of carbonyl (C=O) groups is 2. The van der Waals surface area contributed by atoms with Gasteiger partial charge < -0.3 is 10.0 Å². The summed E-state index contributed by atoms with van der Waals surface area (Å²) in [6, 6.07) is 0. The SMILES string of the molecule is CN1CCn2ncc(C(=O)O)c2C1=O. The van der Waals surface area contributed by atoms with E-state index < -0.39 is 5.97 Å². The molecule has 0 spiro atoms. The first-order valence-corrected chi connectivity index (χ1v) is 4.16. The van der Waals surface area contributed by atoms with Gasteiger partial charge in [-0.15, -0.1) is 0 Å². The minimum atomic E-state index is -1.12. The largest absolute Gasteiger partial charge is 0.478 e. The van der Waals surface area contributed by atoms with Crippen molar-refractivity contribution >= 4 is 11.9 Å². The second-order valence-electron chi connectivity index (χ2n) is 3.16. The Balaban J connectivity index is 2.55. The van der Waals surface area contributed by atoms with E-state index >= 15 is 0 Å². The van der Waals surface area contributed by atoms with Crippen LogP contribution in [0.2, 0.25) is 0 Å². The van der Waals surface area contributed by atoms with Gasteiger partial charge in [0.05, 0.1) is 12.7 Å². The maximum absolute atomic E-state index is 11.6. The standard InChI is InChI=1S/C8H9N3O3/c1-10-2-3-11-6(7(10)12)5(4-9-11)8(13)14/h4H,2-3H2,1H3,(H,13,14). The number of carbonyl (C=O) groups excluding carboxylic acids is 1. The van der Waals surface area contributed by atoms with Crippen LogP contribution in [0, 0.1) is 0 Å². The van der Waals surface area contributed by atoms with E-state index in [1.165, 1.54) is 15.8 Å². The highest BCUT2D eigenvalue weighted by molar-refractivity contribution is 6.03. The smallest absolute Gasteiger partial charge is 0.339 e. The zero-order valence-corrected chi connectivity index (χ0v) is 7.60. The Morgan fingerprint density at radius 3 is 2.93 bits per heavy atom. The highest BCUT2D eigenvalue weighted by Gasteiger charge is 2.28. The summed E-state index contributed by atoms with van der Waals surface area (Å²) < 4.78 is 1.44. The third kappa shape index (κ3) is 1.07. The number of rotatable bonds is 1. The molecule has 1 aromatic heterocycles. The second kappa shape index (κ2) is 2.83. The molecule has 0 saturated carbocycles. The molecule has 0 saturated heterocycles. The number of carboxylic acid groups (broad SMARTS) is 1. The molecule has 1 aromatic rings. The highest BCUT2D eigenvalue weighted by Crippen LogP contribution is 2.15. The highest BCUT2D eigenvalue weighted by atomic mass is 16.4. The first kappa shape index (κ1) is 8.74. The molecule has 1 aliphatic heterocycles. The van der Waals surface area contributed by atoms with Crippen molar-refractivity contribution in [2.45, 2.75) is 6.54 Å². The first-order valence-electron chi connectivity index (χ1n) is 4.16. The molecule has 6 nitrogen and oxygen atoms in total. The number of amides is 1. The Kier molecular flexibility index (Phi) is 1.77. The van der Waals surface area contributed by atoms with Gasteiger partial charge in [-0.3, -0.25) is 9.48 Å². The van der Waals surface area contributed by atoms with Gasteiger partial charge in [0.1, 0.15) is 11.3 Å². The molecule has 1 amide bonds. The summed E-state index contributed by atoms with van der Waals surface area (Å²) in [4.78, 5) is 23.9. The van der Waals surface area contributed by atoms with E-state index in [0.717, 1.165) is 0 Å². The molecule has 0 aliphatic carbocycles. The summed E-state index contributed by atoms with van der Waals surface area (Å²) in [6.07, 6.45) is 1.22. The van der Waals surface area contributed by atoms with Crippen molar-refractivity contribution in [2.24, 2.45) is 0 Å². The fourth-order valence-electron chi connectivity index (χ4n) is 1.46. The second-order valence-corrected chi connectivity index (χ2v) is 3.16. The van der Waals surface area contributed by atoms with Crippen LogP contribution in [-0.4, -0.2) is 45.3 Å². The fourth-order valence-corrected chi connectivity index (χ4v) is 1.46. The van der Waals surface area contributed by atoms with Gasteiger partial charge >= 0.3 is 5.97 Å². The molecule has 0 bridgehead atoms. The Morgan fingerprint density at radius 2 is 2.29 bits per heavy atom. The number of aromatic nitrogens is 2. The summed E-state index contributed by atoms with van der Waals surface area (Å²) in [6.45, 7) is 1.11. The molecule has 74 valence electrons. The fraction of sp³-hybridized carbons (Fsp3) is 0.375. The quantitative estimate of drug-likeness (QED) is 0.665. The van der Waals surface area contributed by atoms with Crippen molar-refractivity contribution in [2.75, 3.05) is 13.6 Å². The minimum Gasteiger partial charge on any atom is -0.478 e. The van der Waals surface area contributed by atoms with Gasteiger partial charge in [0.25, 0.3) is 5.91 Å². The van der Waals surface area contributed by atoms with Crippen LogP contribution in [0.5, 0.6) is 0 Å². The summed E-state index contributed by atoms with van der Waals surface area (Å²) in [7, 11) is 1.64. The Labute approximate surface area is 79.7 Å². The van der Waals surface area contributed by atoms with Crippen LogP contribution >= 0.6 is 0 Å². The van der Waals surface area contributed by atoms with Gasteiger partial charge in [-0.25, -0.2) is 4.79 Å². The van der Waals surface area contributed by atoms with Gasteiger partial charge in [0.15, 0.2) is 0 Å². The number of nitrogens with zero attached hydrogens (tertiary/aromatic N) is 3. The molecule has 0 unspecified atom stereocenters. The molecular formula is C8H9N3O3. The maximum atomic E-state index is 11.6. The summed E-state index contributed by atoms with van der Waals surface area (Å²) in [5.41, 5.74) is 0.146. The van der Waals surface area contributed by atoms with E-state index in [4.69, 9.17) is 5.11 Å². The van der Waals surface area contributed by atoms with Crippen molar-refractivity contribution in [3.8, 4) is 0 Å². The molecule has 2 heterocycles. The van der Waals surface area contributed by atoms with Crippen molar-refractivity contribution in [3.05, 3.63) is 17.5 Å². The van der Waals surface area contributed by atoms with Crippen LogP contribution in [0.4, 0.5) is 0 Å². The predicted molar refractivity (Wildman–Crippen MR) is 46.1 cm³/mol. The summed E-state index contributed by atoms with van der Waals surface area (Å²) in [5, 5.41) is 12.7. The maximum Gasteiger partial charge on any atom is 0.339 e. The Hall–Kier alpha value is -1.85. The van der Waals surface area contributed by atoms with Crippen LogP contribution in [-0.2, 0) is 6.54 Å². The van der Waals surface area contributed by atoms with E-state index in [-0.39, 0.29) is 17.2 Å². The van der Waals surface area contributed by atoms with Crippen LogP contribution in [0.15, 0.2) is 6.20 Å². The summed E-state index contributed by atoms with van der Waals surface area (Å²) >= 11 is 0. The number of carboxylic acids is 1. The lowest BCUT2D eigenvalue weighted by atomic mass is 10.2. The molecule has 2 rings (SSSR count). The van der Waals surface area contributed by atoms with E-state index in [9.17, 15) is 9.59 Å². The molecule has 0 atom stereocenters. The lowest BCUT2D eigenvalue weighted by Crippen LogP contribution is -2.38. The van der Waals surface area contributed by atoms with E-state index in [1.54, 1.807) is 7.05 Å². The Bertz CT molecular complexity index is 410. The number of hydrogen-bond donors (Lipinski definition) is 1. The van der Waals surface area contributed by atoms with E-state index in [2.05, 4.69) is 5.10 Å². The molecule has 0 radical (unpaired) electrons. The molecule has 1 N–H and O–H groups in total. The minimum absolute atomic E-state index is 0.0263. The van der Waals surface area contributed by atoms with Gasteiger partial charge in [-0.05, 0) is 0 Å². The van der Waals surface area contributed by atoms with Crippen LogP contribution in [0.3, 0.4) is 0 Å². The number of hydrogen-bond acceptors (Lipinski definition) is 3. The van der Waals surface area contributed by atoms with Gasteiger partial charge in [0, 0.05) is 13.6 Å². The molecule has 1 aliphatic rings. The van der Waals surface area contributed by atoms with E-state index in [1.807, 2.05) is 0 Å². The van der Waals surface area contributed by atoms with Gasteiger partial charge in [-0.1, -0.05) is 0 Å². The molecule has 0 aromatic carbocycles. The molecule has 14 heavy (non-hydrogen) atoms. The van der Waals surface area contributed by atoms with Crippen molar-refractivity contribution < 1.29 is 14.7 Å². The number of aromatic carboxylic acids is 1. The monoisotopic (exact) mass is 195 g/mol. The van der Waals surface area contributed by atoms with Crippen LogP contribution in [0.25, 0.3) is 0 Å². The number of fused-ring (bicyclic) bond motifs is 1. The lowest BCUT2D eigenvalue weighted by Gasteiger charge is -2.23. The lowest BCUT2D eigenvalue weighted by molar-refractivity contribution is 0.0668. The first-order chi connectivity index (χ1) is 6.61. The van der Waals surface area contributed by atoms with Crippen molar-refractivity contribution in [1.29, 1.82) is 0 Å². The Morgan fingerprint density at radius 1 is 1.57 bits per heavy atom. The van der Waals surface area contributed by atoms with Crippen molar-refractivity contribution in [1.82, 2.24) is 14.7 Å². The topological polar surface area (TPSA) is 75.4 Å². The van der Waals surface area contributed by atoms with Gasteiger partial charge in [0.2, 0.25) is 0 Å². The average molecular weight is 195 g/mol. The van der Waals surface area contributed by atoms with Gasteiger partial charge in [-0.2, -0.15) is 5.10 Å². The zero-order chi connectivity index (χ0) is 10.3. The van der Waals surface area contributed by atoms with Crippen LogP contribution in [0.1, 0.15) is 20.8 Å². The van der Waals surface area contributed by atoms with E-state index in [0.29, 0.717) is 13.1 Å². The third-order valence-corrected chi connectivity index (χ3v) is 2.27. The average Bonchev–Trinajstić information content (AvgIpc) is 2.55. The molecule has 0 fully saturated rings. The predicted octanol–water partition coefficient (Wildman–Crippen LogP) is -0.333. The zero-order valence-electron chi connectivity index (χ0n) is 7.60. The summed E-state index contributed by atoms with van der Waals surface area (Å²) in [5.74, 6) is -1.40. The normalized spacial score (nSPS) is 15.5. The van der Waals surface area contributed by atoms with Crippen LogP contribution < -0.4 is 0 Å². The molecular weight excluding hydrogens is 186 g/mol. The van der Waals surface area contributed by atoms with Crippen molar-refractivity contribution in [3.63, 3.8) is 0 Å². The third-order valence-electron chi connectivity index (χ3n) is 2.27.